The zero-order valence-corrected chi connectivity index (χ0v) is 11.5. The fourth-order valence-corrected chi connectivity index (χ4v) is 2.64. The molecule has 0 saturated heterocycles. The van der Waals surface area contributed by atoms with E-state index < -0.39 is 0 Å². The molecule has 2 aromatic heterocycles. The van der Waals surface area contributed by atoms with E-state index in [4.69, 9.17) is 0 Å². The number of hydrogen-bond acceptors (Lipinski definition) is 5. The van der Waals surface area contributed by atoms with Crippen molar-refractivity contribution in [3.05, 3.63) is 52.7 Å². The molecule has 3 aromatic rings. The van der Waals surface area contributed by atoms with Crippen LogP contribution < -0.4 is 5.32 Å². The maximum atomic E-state index is 13.9. The molecule has 0 saturated carbocycles. The van der Waals surface area contributed by atoms with Gasteiger partial charge in [-0.2, -0.15) is 11.3 Å². The van der Waals surface area contributed by atoms with Crippen LogP contribution in [0.5, 0.6) is 0 Å². The third-order valence-electron chi connectivity index (χ3n) is 2.98. The number of nitrogens with one attached hydrogen (secondary N) is 1. The van der Waals surface area contributed by atoms with Crippen LogP contribution in [0, 0.1) is 5.82 Å². The van der Waals surface area contributed by atoms with E-state index in [2.05, 4.69) is 20.8 Å². The highest BCUT2D eigenvalue weighted by Gasteiger charge is 2.10. The molecule has 1 unspecified atom stereocenters. The summed E-state index contributed by atoms with van der Waals surface area (Å²) in [5, 5.41) is 18.1. The average molecular weight is 289 g/mol. The van der Waals surface area contributed by atoms with Gasteiger partial charge in [0.2, 0.25) is 0 Å². The van der Waals surface area contributed by atoms with Crippen LogP contribution in [0.1, 0.15) is 18.5 Å². The molecule has 5 nitrogen and oxygen atoms in total. The van der Waals surface area contributed by atoms with Crippen molar-refractivity contribution < 1.29 is 4.39 Å². The van der Waals surface area contributed by atoms with Gasteiger partial charge < -0.3 is 5.32 Å². The van der Waals surface area contributed by atoms with E-state index in [1.54, 1.807) is 23.5 Å². The second kappa shape index (κ2) is 5.38. The standard InChI is InChI=1S/C13H12FN5S/c1-9(10-4-5-20-7-10)16-13-6-11(2-3-12(13)14)19-8-15-17-18-19/h2-9,16H,1H3. The lowest BCUT2D eigenvalue weighted by atomic mass is 10.1. The lowest BCUT2D eigenvalue weighted by Crippen LogP contribution is -2.08. The van der Waals surface area contributed by atoms with Crippen LogP contribution >= 0.6 is 11.3 Å². The van der Waals surface area contributed by atoms with Crippen molar-refractivity contribution in [3.63, 3.8) is 0 Å². The first kappa shape index (κ1) is 12.7. The van der Waals surface area contributed by atoms with Gasteiger partial charge in [-0.3, -0.25) is 0 Å². The molecule has 7 heteroatoms. The smallest absolute Gasteiger partial charge is 0.146 e. The number of halogens is 1. The Morgan fingerprint density at radius 2 is 2.25 bits per heavy atom. The maximum Gasteiger partial charge on any atom is 0.146 e. The minimum atomic E-state index is -0.302. The molecule has 3 rings (SSSR count). The van der Waals surface area contributed by atoms with Crippen molar-refractivity contribution in [2.24, 2.45) is 0 Å². The Morgan fingerprint density at radius 3 is 2.95 bits per heavy atom. The van der Waals surface area contributed by atoms with Gasteiger partial charge in [-0.25, -0.2) is 9.07 Å². The summed E-state index contributed by atoms with van der Waals surface area (Å²) in [6, 6.07) is 6.77. The van der Waals surface area contributed by atoms with Crippen molar-refractivity contribution in [1.29, 1.82) is 0 Å². The fraction of sp³-hybridized carbons (Fsp3) is 0.154. The lowest BCUT2D eigenvalue weighted by Gasteiger charge is -2.15. The third-order valence-corrected chi connectivity index (χ3v) is 3.68. The molecule has 0 aliphatic heterocycles. The monoisotopic (exact) mass is 289 g/mol. The minimum absolute atomic E-state index is 0.0277. The van der Waals surface area contributed by atoms with E-state index >= 15 is 0 Å². The molecular formula is C13H12FN5S. The molecule has 0 fully saturated rings. The number of hydrogen-bond donors (Lipinski definition) is 1. The van der Waals surface area contributed by atoms with E-state index in [1.807, 2.05) is 23.8 Å². The Kier molecular flexibility index (Phi) is 3.42. The van der Waals surface area contributed by atoms with Gasteiger partial charge in [-0.05, 0) is 57.9 Å². The van der Waals surface area contributed by atoms with Gasteiger partial charge in [-0.15, -0.1) is 5.10 Å². The first-order valence-corrected chi connectivity index (χ1v) is 7.00. The van der Waals surface area contributed by atoms with Crippen LogP contribution in [0.15, 0.2) is 41.4 Å². The van der Waals surface area contributed by atoms with E-state index in [-0.39, 0.29) is 11.9 Å². The normalized spacial score (nSPS) is 12.3. The SMILES string of the molecule is CC(Nc1cc(-n2cnnn2)ccc1F)c1ccsc1. The molecule has 1 atom stereocenters. The van der Waals surface area contributed by atoms with E-state index in [9.17, 15) is 4.39 Å². The van der Waals surface area contributed by atoms with E-state index in [0.29, 0.717) is 11.4 Å². The van der Waals surface area contributed by atoms with Crippen molar-refractivity contribution in [1.82, 2.24) is 20.2 Å². The Morgan fingerprint density at radius 1 is 1.35 bits per heavy atom. The van der Waals surface area contributed by atoms with Crippen molar-refractivity contribution >= 4 is 17.0 Å². The van der Waals surface area contributed by atoms with E-state index in [1.165, 1.54) is 17.1 Å². The van der Waals surface area contributed by atoms with Gasteiger partial charge in [0.15, 0.2) is 0 Å². The van der Waals surface area contributed by atoms with Crippen molar-refractivity contribution in [2.75, 3.05) is 5.32 Å². The van der Waals surface area contributed by atoms with Gasteiger partial charge in [0.05, 0.1) is 11.4 Å². The molecule has 1 aromatic carbocycles. The third kappa shape index (κ3) is 2.53. The molecule has 0 amide bonds. The van der Waals surface area contributed by atoms with E-state index in [0.717, 1.165) is 5.56 Å². The van der Waals surface area contributed by atoms with Gasteiger partial charge in [0.1, 0.15) is 12.1 Å². The lowest BCUT2D eigenvalue weighted by molar-refractivity contribution is 0.626. The van der Waals surface area contributed by atoms with Crippen LogP contribution in [-0.4, -0.2) is 20.2 Å². The Hall–Kier alpha value is -2.28. The molecule has 0 aliphatic rings. The summed E-state index contributed by atoms with van der Waals surface area (Å²) in [6.45, 7) is 1.99. The number of benzene rings is 1. The number of nitrogens with zero attached hydrogens (tertiary/aromatic N) is 4. The Balaban J connectivity index is 1.87. The largest absolute Gasteiger partial charge is 0.376 e. The number of anilines is 1. The molecule has 0 bridgehead atoms. The van der Waals surface area contributed by atoms with Crippen LogP contribution in [0.2, 0.25) is 0 Å². The van der Waals surface area contributed by atoms with Crippen LogP contribution in [0.4, 0.5) is 10.1 Å². The summed E-state index contributed by atoms with van der Waals surface area (Å²) in [4.78, 5) is 0. The first-order valence-electron chi connectivity index (χ1n) is 6.05. The second-order valence-corrected chi connectivity index (χ2v) is 5.12. The Bertz CT molecular complexity index is 681. The van der Waals surface area contributed by atoms with Crippen LogP contribution in [0.25, 0.3) is 5.69 Å². The van der Waals surface area contributed by atoms with Crippen LogP contribution in [-0.2, 0) is 0 Å². The molecule has 102 valence electrons. The summed E-state index contributed by atoms with van der Waals surface area (Å²) in [5.41, 5.74) is 2.26. The highest BCUT2D eigenvalue weighted by atomic mass is 32.1. The predicted octanol–water partition coefficient (Wildman–Crippen LogP) is 3.04. The molecule has 0 radical (unpaired) electrons. The molecule has 0 aliphatic carbocycles. The molecule has 0 spiro atoms. The molecule has 2 heterocycles. The summed E-state index contributed by atoms with van der Waals surface area (Å²) in [5.74, 6) is -0.302. The number of tetrazole rings is 1. The van der Waals surface area contributed by atoms with Gasteiger partial charge >= 0.3 is 0 Å². The van der Waals surface area contributed by atoms with Crippen molar-refractivity contribution in [2.45, 2.75) is 13.0 Å². The highest BCUT2D eigenvalue weighted by molar-refractivity contribution is 7.07. The predicted molar refractivity (Wildman–Crippen MR) is 75.5 cm³/mol. The summed E-state index contributed by atoms with van der Waals surface area (Å²) in [6.07, 6.45) is 1.47. The molecule has 20 heavy (non-hydrogen) atoms. The Labute approximate surface area is 119 Å². The van der Waals surface area contributed by atoms with Crippen molar-refractivity contribution in [3.8, 4) is 5.69 Å². The van der Waals surface area contributed by atoms with Crippen LogP contribution in [0.3, 0.4) is 0 Å². The number of thiophene rings is 1. The zero-order chi connectivity index (χ0) is 13.9. The first-order chi connectivity index (χ1) is 9.74. The van der Waals surface area contributed by atoms with Gasteiger partial charge in [0.25, 0.3) is 0 Å². The minimum Gasteiger partial charge on any atom is -0.376 e. The molecule has 1 N–H and O–H groups in total. The summed E-state index contributed by atoms with van der Waals surface area (Å²) < 4.78 is 15.4. The van der Waals surface area contributed by atoms with Gasteiger partial charge in [0, 0.05) is 6.04 Å². The van der Waals surface area contributed by atoms with Gasteiger partial charge in [-0.1, -0.05) is 0 Å². The quantitative estimate of drug-likeness (QED) is 0.802. The number of aromatic nitrogens is 4. The average Bonchev–Trinajstić information content (AvgIpc) is 3.14. The fourth-order valence-electron chi connectivity index (χ4n) is 1.88. The summed E-state index contributed by atoms with van der Waals surface area (Å²) in [7, 11) is 0. The maximum absolute atomic E-state index is 13.9. The highest BCUT2D eigenvalue weighted by Crippen LogP contribution is 2.24. The number of rotatable bonds is 4. The zero-order valence-electron chi connectivity index (χ0n) is 10.7. The summed E-state index contributed by atoms with van der Waals surface area (Å²) >= 11 is 1.62. The topological polar surface area (TPSA) is 55.6 Å². The second-order valence-electron chi connectivity index (χ2n) is 4.34. The molecular weight excluding hydrogens is 277 g/mol.